The van der Waals surface area contributed by atoms with Crippen LogP contribution in [0.1, 0.15) is 32.9 Å². The molecule has 2 rings (SSSR count). The molecule has 0 bridgehead atoms. The SMILES string of the molecule is C/C=C\Cc1cc(-c2ccc(OCCC(C)C)cc2)on1. The van der Waals surface area contributed by atoms with Gasteiger partial charge in [-0.05, 0) is 43.5 Å². The fraction of sp³-hybridized carbons (Fsp3) is 0.389. The van der Waals surface area contributed by atoms with Gasteiger partial charge in [-0.2, -0.15) is 0 Å². The third-order valence-electron chi connectivity index (χ3n) is 3.22. The first-order chi connectivity index (χ1) is 10.2. The highest BCUT2D eigenvalue weighted by molar-refractivity contribution is 5.58. The Balaban J connectivity index is 1.96. The minimum Gasteiger partial charge on any atom is -0.494 e. The van der Waals surface area contributed by atoms with Crippen LogP contribution >= 0.6 is 0 Å². The molecule has 0 unspecified atom stereocenters. The van der Waals surface area contributed by atoms with Gasteiger partial charge in [0, 0.05) is 18.1 Å². The number of nitrogens with zero attached hydrogens (tertiary/aromatic N) is 1. The molecule has 0 saturated carbocycles. The molecule has 0 atom stereocenters. The average molecular weight is 285 g/mol. The van der Waals surface area contributed by atoms with Crippen molar-refractivity contribution in [2.75, 3.05) is 6.61 Å². The van der Waals surface area contributed by atoms with Crippen molar-refractivity contribution >= 4 is 0 Å². The van der Waals surface area contributed by atoms with E-state index in [0.717, 1.165) is 42.2 Å². The van der Waals surface area contributed by atoms with Crippen molar-refractivity contribution in [2.45, 2.75) is 33.6 Å². The van der Waals surface area contributed by atoms with E-state index in [1.807, 2.05) is 43.3 Å². The Morgan fingerprint density at radius 3 is 2.67 bits per heavy atom. The van der Waals surface area contributed by atoms with Gasteiger partial charge in [-0.1, -0.05) is 31.2 Å². The zero-order chi connectivity index (χ0) is 15.1. The number of hydrogen-bond acceptors (Lipinski definition) is 3. The first kappa shape index (κ1) is 15.4. The second-order valence-corrected chi connectivity index (χ2v) is 5.51. The summed E-state index contributed by atoms with van der Waals surface area (Å²) in [4.78, 5) is 0. The van der Waals surface area contributed by atoms with Gasteiger partial charge in [0.25, 0.3) is 0 Å². The van der Waals surface area contributed by atoms with Gasteiger partial charge in [0.15, 0.2) is 5.76 Å². The molecule has 2 aromatic rings. The van der Waals surface area contributed by atoms with Crippen LogP contribution in [-0.2, 0) is 6.42 Å². The second-order valence-electron chi connectivity index (χ2n) is 5.51. The molecule has 0 amide bonds. The van der Waals surface area contributed by atoms with Gasteiger partial charge >= 0.3 is 0 Å². The van der Waals surface area contributed by atoms with E-state index >= 15 is 0 Å². The fourth-order valence-electron chi connectivity index (χ4n) is 1.91. The quantitative estimate of drug-likeness (QED) is 0.680. The van der Waals surface area contributed by atoms with E-state index in [1.54, 1.807) is 0 Å². The zero-order valence-corrected chi connectivity index (χ0v) is 13.0. The van der Waals surface area contributed by atoms with Crippen LogP contribution in [0, 0.1) is 5.92 Å². The van der Waals surface area contributed by atoms with Crippen LogP contribution < -0.4 is 4.74 Å². The first-order valence-corrected chi connectivity index (χ1v) is 7.49. The molecule has 0 saturated heterocycles. The highest BCUT2D eigenvalue weighted by Crippen LogP contribution is 2.23. The maximum Gasteiger partial charge on any atom is 0.167 e. The lowest BCUT2D eigenvalue weighted by Crippen LogP contribution is -2.01. The second kappa shape index (κ2) is 7.67. The number of allylic oxidation sites excluding steroid dienone is 2. The Hall–Kier alpha value is -2.03. The Kier molecular flexibility index (Phi) is 5.61. The predicted octanol–water partition coefficient (Wildman–Crippen LogP) is 4.89. The summed E-state index contributed by atoms with van der Waals surface area (Å²) in [5.74, 6) is 2.35. The number of aromatic nitrogens is 1. The fourth-order valence-corrected chi connectivity index (χ4v) is 1.91. The minimum atomic E-state index is 0.661. The van der Waals surface area contributed by atoms with E-state index in [-0.39, 0.29) is 0 Å². The predicted molar refractivity (Wildman–Crippen MR) is 85.4 cm³/mol. The van der Waals surface area contributed by atoms with Crippen molar-refractivity contribution in [2.24, 2.45) is 5.92 Å². The summed E-state index contributed by atoms with van der Waals surface area (Å²) in [5, 5.41) is 4.06. The monoisotopic (exact) mass is 285 g/mol. The molecule has 21 heavy (non-hydrogen) atoms. The number of hydrogen-bond donors (Lipinski definition) is 0. The first-order valence-electron chi connectivity index (χ1n) is 7.49. The summed E-state index contributed by atoms with van der Waals surface area (Å²) < 4.78 is 11.1. The largest absolute Gasteiger partial charge is 0.494 e. The summed E-state index contributed by atoms with van der Waals surface area (Å²) in [6, 6.07) is 9.94. The van der Waals surface area contributed by atoms with E-state index < -0.39 is 0 Å². The molecule has 0 spiro atoms. The van der Waals surface area contributed by atoms with Crippen molar-refractivity contribution in [3.63, 3.8) is 0 Å². The molecule has 1 aromatic carbocycles. The minimum absolute atomic E-state index is 0.661. The van der Waals surface area contributed by atoms with E-state index in [9.17, 15) is 0 Å². The van der Waals surface area contributed by atoms with Gasteiger partial charge in [-0.25, -0.2) is 0 Å². The lowest BCUT2D eigenvalue weighted by atomic mass is 10.1. The molecule has 0 aliphatic carbocycles. The van der Waals surface area contributed by atoms with Crippen LogP contribution in [0.4, 0.5) is 0 Å². The normalized spacial score (nSPS) is 11.4. The molecular formula is C18H23NO2. The summed E-state index contributed by atoms with van der Waals surface area (Å²) >= 11 is 0. The van der Waals surface area contributed by atoms with Crippen molar-refractivity contribution in [1.82, 2.24) is 5.16 Å². The van der Waals surface area contributed by atoms with Gasteiger partial charge in [0.2, 0.25) is 0 Å². The van der Waals surface area contributed by atoms with E-state index in [4.69, 9.17) is 9.26 Å². The highest BCUT2D eigenvalue weighted by atomic mass is 16.5. The Morgan fingerprint density at radius 1 is 1.24 bits per heavy atom. The summed E-state index contributed by atoms with van der Waals surface area (Å²) in [7, 11) is 0. The molecule has 1 aromatic heterocycles. The van der Waals surface area contributed by atoms with Gasteiger partial charge < -0.3 is 9.26 Å². The highest BCUT2D eigenvalue weighted by Gasteiger charge is 2.06. The molecule has 0 aliphatic heterocycles. The van der Waals surface area contributed by atoms with Gasteiger partial charge in [0.1, 0.15) is 5.75 Å². The molecule has 0 aliphatic rings. The van der Waals surface area contributed by atoms with Crippen molar-refractivity contribution in [3.05, 3.63) is 48.2 Å². The maximum atomic E-state index is 5.71. The molecule has 112 valence electrons. The van der Waals surface area contributed by atoms with Crippen LogP contribution in [0.3, 0.4) is 0 Å². The molecule has 0 N–H and O–H groups in total. The molecule has 0 fully saturated rings. The van der Waals surface area contributed by atoms with Crippen LogP contribution in [-0.4, -0.2) is 11.8 Å². The van der Waals surface area contributed by atoms with Crippen LogP contribution in [0.25, 0.3) is 11.3 Å². The Bertz CT molecular complexity index is 567. The van der Waals surface area contributed by atoms with Crippen LogP contribution in [0.2, 0.25) is 0 Å². The molecule has 1 heterocycles. The molecule has 0 radical (unpaired) electrons. The zero-order valence-electron chi connectivity index (χ0n) is 13.0. The van der Waals surface area contributed by atoms with Gasteiger partial charge in [-0.15, -0.1) is 0 Å². The number of ether oxygens (including phenoxy) is 1. The third-order valence-corrected chi connectivity index (χ3v) is 3.22. The van der Waals surface area contributed by atoms with Crippen molar-refractivity contribution < 1.29 is 9.26 Å². The lowest BCUT2D eigenvalue weighted by Gasteiger charge is -2.08. The van der Waals surface area contributed by atoms with Crippen molar-refractivity contribution in [1.29, 1.82) is 0 Å². The number of benzene rings is 1. The van der Waals surface area contributed by atoms with E-state index in [0.29, 0.717) is 5.92 Å². The summed E-state index contributed by atoms with van der Waals surface area (Å²) in [5.41, 5.74) is 1.96. The molecular weight excluding hydrogens is 262 g/mol. The van der Waals surface area contributed by atoms with E-state index in [1.165, 1.54) is 0 Å². The van der Waals surface area contributed by atoms with Crippen molar-refractivity contribution in [3.8, 4) is 17.1 Å². The Labute approximate surface area is 126 Å². The van der Waals surface area contributed by atoms with Crippen LogP contribution in [0.15, 0.2) is 47.0 Å². The summed E-state index contributed by atoms with van der Waals surface area (Å²) in [6.07, 6.45) is 5.94. The molecule has 3 heteroatoms. The third kappa shape index (κ3) is 4.78. The van der Waals surface area contributed by atoms with Crippen LogP contribution in [0.5, 0.6) is 5.75 Å². The summed E-state index contributed by atoms with van der Waals surface area (Å²) in [6.45, 7) is 7.15. The van der Waals surface area contributed by atoms with Gasteiger partial charge in [-0.3, -0.25) is 0 Å². The smallest absolute Gasteiger partial charge is 0.167 e. The number of rotatable bonds is 7. The molecule has 3 nitrogen and oxygen atoms in total. The standard InChI is InChI=1S/C18H23NO2/c1-4-5-6-16-13-18(21-19-16)15-7-9-17(10-8-15)20-12-11-14(2)3/h4-5,7-10,13-14H,6,11-12H2,1-3H3/b5-4-. The topological polar surface area (TPSA) is 35.3 Å². The maximum absolute atomic E-state index is 5.71. The average Bonchev–Trinajstić information content (AvgIpc) is 2.94. The Morgan fingerprint density at radius 2 is 2.00 bits per heavy atom. The van der Waals surface area contributed by atoms with E-state index in [2.05, 4.69) is 25.1 Å². The van der Waals surface area contributed by atoms with Gasteiger partial charge in [0.05, 0.1) is 12.3 Å². The lowest BCUT2D eigenvalue weighted by molar-refractivity contribution is 0.289.